The quantitative estimate of drug-likeness (QED) is 0.309. The average molecular weight is 380 g/mol. The highest BCUT2D eigenvalue weighted by atomic mass is 16.6. The third-order valence-corrected chi connectivity index (χ3v) is 4.76. The van der Waals surface area contributed by atoms with Gasteiger partial charge in [0.1, 0.15) is 5.75 Å². The Labute approximate surface area is 172 Å². The molecule has 0 aliphatic carbocycles. The topological polar surface area (TPSA) is 21.8 Å². The van der Waals surface area contributed by atoms with E-state index in [2.05, 4.69) is 77.5 Å². The summed E-state index contributed by atoms with van der Waals surface area (Å²) in [6.07, 6.45) is 0. The Morgan fingerprint density at radius 1 is 0.483 bits per heavy atom. The zero-order valence-corrected chi connectivity index (χ0v) is 16.3. The van der Waals surface area contributed by atoms with Crippen molar-refractivity contribution in [3.8, 4) is 5.75 Å². The molecule has 0 unspecified atom stereocenters. The number of rotatable bonds is 5. The summed E-state index contributed by atoms with van der Waals surface area (Å²) in [6.45, 7) is 2.00. The molecule has 0 radical (unpaired) electrons. The van der Waals surface area contributed by atoms with Gasteiger partial charge in [0.05, 0.1) is 13.2 Å². The summed E-state index contributed by atoms with van der Waals surface area (Å²) in [5.74, 6) is 0.837. The first-order chi connectivity index (χ1) is 14.4. The second-order valence-corrected chi connectivity index (χ2v) is 6.81. The van der Waals surface area contributed by atoms with Crippen molar-refractivity contribution >= 4 is 0 Å². The monoisotopic (exact) mass is 380 g/mol. The van der Waals surface area contributed by atoms with Gasteiger partial charge in [-0.25, -0.2) is 0 Å². The lowest BCUT2D eigenvalue weighted by Gasteiger charge is -2.36. The molecule has 0 spiro atoms. The van der Waals surface area contributed by atoms with Gasteiger partial charge in [-0.3, -0.25) is 0 Å². The van der Waals surface area contributed by atoms with E-state index in [4.69, 9.17) is 4.74 Å². The number of benzene rings is 4. The van der Waals surface area contributed by atoms with Gasteiger partial charge in [-0.05, 0) is 12.1 Å². The summed E-state index contributed by atoms with van der Waals surface area (Å²) in [4.78, 5) is 0. The van der Waals surface area contributed by atoms with Crippen molar-refractivity contribution in [3.05, 3.63) is 138 Å². The van der Waals surface area contributed by atoms with Crippen LogP contribution in [0.25, 0.3) is 0 Å². The molecule has 29 heavy (non-hydrogen) atoms. The summed E-state index contributed by atoms with van der Waals surface area (Å²) in [5, 5.41) is 0. The molecule has 1 fully saturated rings. The smallest absolute Gasteiger partial charge is 0.184 e. The minimum Gasteiger partial charge on any atom is -0.473 e. The zero-order chi connectivity index (χ0) is 19.8. The molecule has 2 heteroatoms. The fourth-order valence-electron chi connectivity index (χ4n) is 3.36. The van der Waals surface area contributed by atoms with Crippen molar-refractivity contribution in [2.45, 2.75) is 5.60 Å². The van der Waals surface area contributed by atoms with Crippen LogP contribution >= 0.6 is 0 Å². The van der Waals surface area contributed by atoms with E-state index >= 15 is 0 Å². The van der Waals surface area contributed by atoms with E-state index in [1.807, 2.05) is 48.5 Å². The van der Waals surface area contributed by atoms with E-state index in [9.17, 15) is 0 Å². The van der Waals surface area contributed by atoms with Crippen LogP contribution in [0.4, 0.5) is 0 Å². The van der Waals surface area contributed by atoms with Gasteiger partial charge in [0.15, 0.2) is 5.60 Å². The van der Waals surface area contributed by atoms with Crippen LogP contribution in [0.15, 0.2) is 121 Å². The lowest BCUT2D eigenvalue weighted by Crippen LogP contribution is -2.36. The fourth-order valence-corrected chi connectivity index (χ4v) is 3.36. The van der Waals surface area contributed by atoms with Crippen LogP contribution in [-0.4, -0.2) is 13.2 Å². The molecule has 0 saturated carbocycles. The van der Waals surface area contributed by atoms with E-state index in [1.165, 1.54) is 0 Å². The molecule has 144 valence electrons. The molecule has 0 N–H and O–H groups in total. The van der Waals surface area contributed by atoms with Crippen LogP contribution in [0.5, 0.6) is 5.75 Å². The van der Waals surface area contributed by atoms with Crippen LogP contribution in [0, 0.1) is 0 Å². The van der Waals surface area contributed by atoms with Gasteiger partial charge in [-0.15, -0.1) is 0 Å². The summed E-state index contributed by atoms with van der Waals surface area (Å²) in [5.41, 5.74) is 2.58. The Balaban J connectivity index is 0.000000626. The number of para-hydroxylation sites is 1. The van der Waals surface area contributed by atoms with Gasteiger partial charge in [-0.2, -0.15) is 0 Å². The summed E-state index contributed by atoms with van der Waals surface area (Å²) >= 11 is 0. The molecule has 0 aromatic heterocycles. The molecular formula is C27H24O2. The maximum atomic E-state index is 6.76. The van der Waals surface area contributed by atoms with Crippen LogP contribution < -0.4 is 4.74 Å². The SMILES string of the molecule is C1CO1.c1ccc(OC(c2ccccc2)(c2ccccc2)c2ccccc2)cc1. The van der Waals surface area contributed by atoms with Crippen molar-refractivity contribution < 1.29 is 9.47 Å². The molecule has 0 amide bonds. The molecule has 1 saturated heterocycles. The maximum absolute atomic E-state index is 6.76. The Bertz CT molecular complexity index is 882. The molecule has 4 aromatic rings. The lowest BCUT2D eigenvalue weighted by atomic mass is 9.80. The Kier molecular flexibility index (Phi) is 6.04. The maximum Gasteiger partial charge on any atom is 0.184 e. The highest BCUT2D eigenvalue weighted by molar-refractivity contribution is 5.49. The molecule has 1 heterocycles. The van der Waals surface area contributed by atoms with Gasteiger partial charge in [0, 0.05) is 16.7 Å². The van der Waals surface area contributed by atoms with E-state index in [0.29, 0.717) is 0 Å². The predicted molar refractivity (Wildman–Crippen MR) is 117 cm³/mol. The van der Waals surface area contributed by atoms with Gasteiger partial charge >= 0.3 is 0 Å². The van der Waals surface area contributed by atoms with Crippen molar-refractivity contribution in [2.24, 2.45) is 0 Å². The molecule has 1 aliphatic heterocycles. The predicted octanol–water partition coefficient (Wildman–Crippen LogP) is 6.07. The van der Waals surface area contributed by atoms with E-state index in [1.54, 1.807) is 0 Å². The first-order valence-corrected chi connectivity index (χ1v) is 9.88. The minimum absolute atomic E-state index is 0.717. The third-order valence-electron chi connectivity index (χ3n) is 4.76. The molecule has 0 bridgehead atoms. The Hall–Kier alpha value is -3.36. The fraction of sp³-hybridized carbons (Fsp3) is 0.111. The van der Waals surface area contributed by atoms with Gasteiger partial charge in [0.25, 0.3) is 0 Å². The van der Waals surface area contributed by atoms with Gasteiger partial charge < -0.3 is 9.47 Å². The van der Waals surface area contributed by atoms with Gasteiger partial charge in [-0.1, -0.05) is 109 Å². The number of epoxide rings is 1. The normalized spacial score (nSPS) is 12.4. The first kappa shape index (κ1) is 19.0. The summed E-state index contributed by atoms with van der Waals surface area (Å²) < 4.78 is 11.3. The minimum atomic E-state index is -0.717. The zero-order valence-electron chi connectivity index (χ0n) is 16.3. The van der Waals surface area contributed by atoms with E-state index in [0.717, 1.165) is 35.7 Å². The number of hydrogen-bond donors (Lipinski definition) is 0. The van der Waals surface area contributed by atoms with E-state index in [-0.39, 0.29) is 0 Å². The first-order valence-electron chi connectivity index (χ1n) is 9.88. The highest BCUT2D eigenvalue weighted by Crippen LogP contribution is 2.40. The standard InChI is InChI=1S/C25H20O.C2H4O/c1-5-13-21(14-6-1)25(22-15-7-2-8-16-22,23-17-9-3-10-18-23)26-24-19-11-4-12-20-24;1-2-3-1/h1-20H;1-2H2. The van der Waals surface area contributed by atoms with Crippen molar-refractivity contribution in [2.75, 3.05) is 13.2 Å². The van der Waals surface area contributed by atoms with Crippen molar-refractivity contribution in [1.82, 2.24) is 0 Å². The molecule has 1 aliphatic rings. The lowest BCUT2D eigenvalue weighted by molar-refractivity contribution is 0.155. The Morgan fingerprint density at radius 2 is 0.793 bits per heavy atom. The van der Waals surface area contributed by atoms with Crippen LogP contribution in [0.1, 0.15) is 16.7 Å². The van der Waals surface area contributed by atoms with Crippen LogP contribution in [-0.2, 0) is 10.3 Å². The summed E-state index contributed by atoms with van der Waals surface area (Å²) in [7, 11) is 0. The molecule has 4 aromatic carbocycles. The molecule has 2 nitrogen and oxygen atoms in total. The van der Waals surface area contributed by atoms with Crippen molar-refractivity contribution in [1.29, 1.82) is 0 Å². The van der Waals surface area contributed by atoms with Crippen LogP contribution in [0.3, 0.4) is 0 Å². The van der Waals surface area contributed by atoms with Gasteiger partial charge in [0.2, 0.25) is 0 Å². The third kappa shape index (κ3) is 4.56. The number of ether oxygens (including phenoxy) is 2. The Morgan fingerprint density at radius 3 is 1.10 bits per heavy atom. The molecule has 5 rings (SSSR count). The van der Waals surface area contributed by atoms with E-state index < -0.39 is 5.60 Å². The second-order valence-electron chi connectivity index (χ2n) is 6.81. The largest absolute Gasteiger partial charge is 0.473 e. The number of hydrogen-bond acceptors (Lipinski definition) is 2. The molecule has 0 atom stereocenters. The average Bonchev–Trinajstić information content (AvgIpc) is 3.70. The summed E-state index contributed by atoms with van der Waals surface area (Å²) in [6, 6.07) is 41.2. The highest BCUT2D eigenvalue weighted by Gasteiger charge is 2.38. The molecular weight excluding hydrogens is 356 g/mol. The second kappa shape index (κ2) is 9.22. The van der Waals surface area contributed by atoms with Crippen LogP contribution in [0.2, 0.25) is 0 Å². The van der Waals surface area contributed by atoms with Crippen molar-refractivity contribution in [3.63, 3.8) is 0 Å².